The van der Waals surface area contributed by atoms with E-state index in [4.69, 9.17) is 15.2 Å². The maximum atomic E-state index is 11.3. The maximum Gasteiger partial charge on any atom is 0.325 e. The second kappa shape index (κ2) is 6.16. The molecule has 0 aliphatic rings. The van der Waals surface area contributed by atoms with Crippen LogP contribution in [0.4, 0.5) is 0 Å². The Morgan fingerprint density at radius 1 is 1.40 bits per heavy atom. The van der Waals surface area contributed by atoms with Gasteiger partial charge >= 0.3 is 5.97 Å². The van der Waals surface area contributed by atoms with Gasteiger partial charge in [-0.1, -0.05) is 30.3 Å². The second-order valence-corrected chi connectivity index (χ2v) is 3.16. The molecule has 0 saturated carbocycles. The highest BCUT2D eigenvalue weighted by atomic mass is 16.5. The highest BCUT2D eigenvalue weighted by molar-refractivity contribution is 5.75. The van der Waals surface area contributed by atoms with Crippen LogP contribution < -0.4 is 5.73 Å². The van der Waals surface area contributed by atoms with Crippen LogP contribution in [0.5, 0.6) is 0 Å². The van der Waals surface area contributed by atoms with Crippen LogP contribution >= 0.6 is 0 Å². The average molecular weight is 209 g/mol. The van der Waals surface area contributed by atoms with Gasteiger partial charge < -0.3 is 15.2 Å². The Morgan fingerprint density at radius 3 is 2.67 bits per heavy atom. The lowest BCUT2D eigenvalue weighted by Crippen LogP contribution is -2.36. The first-order valence-corrected chi connectivity index (χ1v) is 4.69. The van der Waals surface area contributed by atoms with Crippen LogP contribution in [-0.4, -0.2) is 25.7 Å². The first-order valence-electron chi connectivity index (χ1n) is 4.69. The van der Waals surface area contributed by atoms with E-state index in [1.807, 2.05) is 30.3 Å². The van der Waals surface area contributed by atoms with Crippen LogP contribution in [-0.2, 0) is 20.9 Å². The molecule has 0 heterocycles. The molecule has 4 heteroatoms. The van der Waals surface area contributed by atoms with Crippen LogP contribution in [0.15, 0.2) is 30.3 Å². The van der Waals surface area contributed by atoms with E-state index in [1.165, 1.54) is 7.11 Å². The molecule has 0 fully saturated rings. The fourth-order valence-electron chi connectivity index (χ4n) is 1.08. The van der Waals surface area contributed by atoms with Crippen LogP contribution in [0.3, 0.4) is 0 Å². The van der Waals surface area contributed by atoms with E-state index >= 15 is 0 Å². The monoisotopic (exact) mass is 209 g/mol. The van der Waals surface area contributed by atoms with Crippen molar-refractivity contribution in [2.24, 2.45) is 5.73 Å². The third-order valence-electron chi connectivity index (χ3n) is 1.87. The molecule has 1 aromatic rings. The standard InChI is InChI=1S/C11H15NO3/c1-14-8-10(12)11(13)15-7-9-5-3-2-4-6-9/h2-6,10H,7-8,12H2,1H3/t10-/m0/s1. The quantitative estimate of drug-likeness (QED) is 0.725. The van der Waals surface area contributed by atoms with Crippen molar-refractivity contribution in [2.75, 3.05) is 13.7 Å². The second-order valence-electron chi connectivity index (χ2n) is 3.16. The van der Waals surface area contributed by atoms with E-state index in [0.29, 0.717) is 0 Å². The topological polar surface area (TPSA) is 61.5 Å². The van der Waals surface area contributed by atoms with Gasteiger partial charge in [-0.05, 0) is 5.56 Å². The molecule has 1 atom stereocenters. The van der Waals surface area contributed by atoms with Gasteiger partial charge in [0, 0.05) is 7.11 Å². The fraction of sp³-hybridized carbons (Fsp3) is 0.364. The highest BCUT2D eigenvalue weighted by Crippen LogP contribution is 2.01. The first-order chi connectivity index (χ1) is 7.24. The summed E-state index contributed by atoms with van der Waals surface area (Å²) in [5, 5.41) is 0. The van der Waals surface area contributed by atoms with Gasteiger partial charge in [0.15, 0.2) is 0 Å². The number of ether oxygens (including phenoxy) is 2. The summed E-state index contributed by atoms with van der Waals surface area (Å²) in [6.07, 6.45) is 0. The van der Waals surface area contributed by atoms with Gasteiger partial charge in [-0.25, -0.2) is 0 Å². The summed E-state index contributed by atoms with van der Waals surface area (Å²) in [5.74, 6) is -0.444. The van der Waals surface area contributed by atoms with Crippen LogP contribution in [0.2, 0.25) is 0 Å². The molecular weight excluding hydrogens is 194 g/mol. The molecule has 0 spiro atoms. The van der Waals surface area contributed by atoms with Crippen molar-refractivity contribution in [3.63, 3.8) is 0 Å². The summed E-state index contributed by atoms with van der Waals surface area (Å²) in [7, 11) is 1.49. The summed E-state index contributed by atoms with van der Waals surface area (Å²) in [6, 6.07) is 8.74. The molecule has 0 unspecified atom stereocenters. The molecule has 0 amide bonds. The van der Waals surface area contributed by atoms with Crippen molar-refractivity contribution in [2.45, 2.75) is 12.6 Å². The minimum absolute atomic E-state index is 0.174. The number of rotatable bonds is 5. The number of nitrogens with two attached hydrogens (primary N) is 1. The van der Waals surface area contributed by atoms with Crippen LogP contribution in [0.1, 0.15) is 5.56 Å². The van der Waals surface area contributed by atoms with E-state index in [-0.39, 0.29) is 13.2 Å². The van der Waals surface area contributed by atoms with Gasteiger partial charge in [0.05, 0.1) is 6.61 Å². The van der Waals surface area contributed by atoms with Crippen LogP contribution in [0.25, 0.3) is 0 Å². The van der Waals surface area contributed by atoms with Gasteiger partial charge in [-0.2, -0.15) is 0 Å². The molecule has 0 bridgehead atoms. The zero-order chi connectivity index (χ0) is 11.1. The minimum Gasteiger partial charge on any atom is -0.460 e. The van der Waals surface area contributed by atoms with E-state index in [0.717, 1.165) is 5.56 Å². The molecule has 0 saturated heterocycles. The Labute approximate surface area is 89.0 Å². The number of hydrogen-bond donors (Lipinski definition) is 1. The lowest BCUT2D eigenvalue weighted by atomic mass is 10.2. The van der Waals surface area contributed by atoms with Gasteiger partial charge in [0.2, 0.25) is 0 Å². The molecule has 2 N–H and O–H groups in total. The van der Waals surface area contributed by atoms with Crippen molar-refractivity contribution >= 4 is 5.97 Å². The Bertz CT molecular complexity index is 300. The lowest BCUT2D eigenvalue weighted by molar-refractivity contribution is -0.147. The summed E-state index contributed by atoms with van der Waals surface area (Å²) >= 11 is 0. The normalized spacial score (nSPS) is 12.1. The number of carbonyl (C=O) groups is 1. The number of benzene rings is 1. The molecule has 0 aliphatic heterocycles. The number of esters is 1. The maximum absolute atomic E-state index is 11.3. The molecule has 0 radical (unpaired) electrons. The summed E-state index contributed by atoms with van der Waals surface area (Å²) < 4.78 is 9.75. The number of methoxy groups -OCH3 is 1. The molecule has 1 rings (SSSR count). The van der Waals surface area contributed by atoms with Gasteiger partial charge in [-0.3, -0.25) is 4.79 Å². The summed E-state index contributed by atoms with van der Waals surface area (Å²) in [6.45, 7) is 0.421. The molecule has 15 heavy (non-hydrogen) atoms. The molecule has 0 aliphatic carbocycles. The first kappa shape index (κ1) is 11.7. The Morgan fingerprint density at radius 2 is 2.07 bits per heavy atom. The minimum atomic E-state index is -0.710. The number of carbonyl (C=O) groups excluding carboxylic acids is 1. The van der Waals surface area contributed by atoms with Gasteiger partial charge in [-0.15, -0.1) is 0 Å². The van der Waals surface area contributed by atoms with E-state index in [1.54, 1.807) is 0 Å². The lowest BCUT2D eigenvalue weighted by Gasteiger charge is -2.10. The Balaban J connectivity index is 2.34. The molecule has 1 aromatic carbocycles. The predicted octanol–water partition coefficient (Wildman–Crippen LogP) is 0.703. The summed E-state index contributed by atoms with van der Waals surface area (Å²) in [5.41, 5.74) is 6.43. The van der Waals surface area contributed by atoms with Crippen molar-refractivity contribution in [1.82, 2.24) is 0 Å². The Kier molecular flexibility index (Phi) is 4.80. The molecular formula is C11H15NO3. The molecule has 0 aromatic heterocycles. The van der Waals surface area contributed by atoms with Crippen molar-refractivity contribution in [3.05, 3.63) is 35.9 Å². The SMILES string of the molecule is COC[C@H](N)C(=O)OCc1ccccc1. The third-order valence-corrected chi connectivity index (χ3v) is 1.87. The smallest absolute Gasteiger partial charge is 0.325 e. The molecule has 82 valence electrons. The fourth-order valence-corrected chi connectivity index (χ4v) is 1.08. The van der Waals surface area contributed by atoms with E-state index in [9.17, 15) is 4.79 Å². The largest absolute Gasteiger partial charge is 0.460 e. The van der Waals surface area contributed by atoms with Gasteiger partial charge in [0.1, 0.15) is 12.6 Å². The Hall–Kier alpha value is -1.39. The zero-order valence-electron chi connectivity index (χ0n) is 8.68. The zero-order valence-corrected chi connectivity index (χ0v) is 8.68. The summed E-state index contributed by atoms with van der Waals surface area (Å²) in [4.78, 5) is 11.3. The van der Waals surface area contributed by atoms with E-state index < -0.39 is 12.0 Å². The average Bonchev–Trinajstić information content (AvgIpc) is 2.27. The van der Waals surface area contributed by atoms with Crippen molar-refractivity contribution in [1.29, 1.82) is 0 Å². The highest BCUT2D eigenvalue weighted by Gasteiger charge is 2.14. The van der Waals surface area contributed by atoms with Crippen molar-refractivity contribution in [3.8, 4) is 0 Å². The van der Waals surface area contributed by atoms with E-state index in [2.05, 4.69) is 0 Å². The van der Waals surface area contributed by atoms with Crippen molar-refractivity contribution < 1.29 is 14.3 Å². The predicted molar refractivity (Wildman–Crippen MR) is 56.1 cm³/mol. The third kappa shape index (κ3) is 4.10. The van der Waals surface area contributed by atoms with Crippen LogP contribution in [0, 0.1) is 0 Å². The van der Waals surface area contributed by atoms with Gasteiger partial charge in [0.25, 0.3) is 0 Å². The number of hydrogen-bond acceptors (Lipinski definition) is 4. The molecule has 4 nitrogen and oxygen atoms in total.